The van der Waals surface area contributed by atoms with Crippen LogP contribution in [0.15, 0.2) is 30.5 Å². The smallest absolute Gasteiger partial charge is 0.387 e. The van der Waals surface area contributed by atoms with Crippen LogP contribution in [0.3, 0.4) is 0 Å². The van der Waals surface area contributed by atoms with Crippen molar-refractivity contribution in [1.82, 2.24) is 19.6 Å². The van der Waals surface area contributed by atoms with Crippen LogP contribution in [-0.2, 0) is 16.6 Å². The third-order valence-corrected chi connectivity index (χ3v) is 6.10. The number of carbonyl (C=O) groups is 1. The first-order valence-corrected chi connectivity index (χ1v) is 12.8. The van der Waals surface area contributed by atoms with Crippen LogP contribution in [0.4, 0.5) is 19.4 Å². The lowest BCUT2D eigenvalue weighted by Gasteiger charge is -2.34. The number of nitrogens with zero attached hydrogens (tertiary/aromatic N) is 4. The molecule has 1 aromatic heterocycles. The van der Waals surface area contributed by atoms with Crippen molar-refractivity contribution in [2.75, 3.05) is 43.8 Å². The zero-order valence-corrected chi connectivity index (χ0v) is 19.5. The molecule has 4 rings (SSSR count). The number of benzene rings is 1. The van der Waals surface area contributed by atoms with Crippen LogP contribution < -0.4 is 14.2 Å². The molecule has 1 aromatic carbocycles. The second-order valence-corrected chi connectivity index (χ2v) is 10.2. The Morgan fingerprint density at radius 2 is 1.91 bits per heavy atom. The molecule has 10 nitrogen and oxygen atoms in total. The zero-order valence-electron chi connectivity index (χ0n) is 18.7. The normalized spacial score (nSPS) is 17.1. The van der Waals surface area contributed by atoms with Gasteiger partial charge in [-0.25, -0.2) is 13.2 Å². The molecule has 0 bridgehead atoms. The number of sulfonamides is 1. The van der Waals surface area contributed by atoms with E-state index in [0.29, 0.717) is 51.0 Å². The Bertz CT molecular complexity index is 1110. The summed E-state index contributed by atoms with van der Waals surface area (Å²) in [5, 5.41) is 3.97. The van der Waals surface area contributed by atoms with Crippen LogP contribution in [0.2, 0.25) is 0 Å². The number of rotatable bonds is 9. The molecule has 1 N–H and O–H groups in total. The van der Waals surface area contributed by atoms with Gasteiger partial charge in [-0.15, -0.1) is 5.10 Å². The van der Waals surface area contributed by atoms with E-state index in [1.165, 1.54) is 18.3 Å². The summed E-state index contributed by atoms with van der Waals surface area (Å²) in [6, 6.07) is 6.05. The van der Waals surface area contributed by atoms with Gasteiger partial charge in [-0.3, -0.25) is 9.62 Å². The van der Waals surface area contributed by atoms with Gasteiger partial charge in [0.05, 0.1) is 12.9 Å². The number of piperazine rings is 1. The van der Waals surface area contributed by atoms with Crippen LogP contribution in [0.25, 0.3) is 0 Å². The lowest BCUT2D eigenvalue weighted by Crippen LogP contribution is -2.49. The van der Waals surface area contributed by atoms with Crippen molar-refractivity contribution in [3.8, 4) is 11.5 Å². The summed E-state index contributed by atoms with van der Waals surface area (Å²) in [5.74, 6) is 0.893. The number of hydrogen-bond donors (Lipinski definition) is 1. The first-order chi connectivity index (χ1) is 16.2. The van der Waals surface area contributed by atoms with E-state index in [9.17, 15) is 22.0 Å². The van der Waals surface area contributed by atoms with Crippen molar-refractivity contribution in [3.05, 3.63) is 36.0 Å². The number of aromatic nitrogens is 2. The van der Waals surface area contributed by atoms with Crippen LogP contribution in [0.1, 0.15) is 18.4 Å². The summed E-state index contributed by atoms with van der Waals surface area (Å²) < 4.78 is 61.8. The number of hydrogen-bond acceptors (Lipinski definition) is 7. The van der Waals surface area contributed by atoms with Gasteiger partial charge in [0.1, 0.15) is 0 Å². The van der Waals surface area contributed by atoms with Gasteiger partial charge in [-0.1, -0.05) is 6.07 Å². The predicted molar refractivity (Wildman–Crippen MR) is 120 cm³/mol. The van der Waals surface area contributed by atoms with Crippen molar-refractivity contribution in [3.63, 3.8) is 0 Å². The molecule has 0 atom stereocenters. The van der Waals surface area contributed by atoms with Crippen molar-refractivity contribution in [2.24, 2.45) is 5.92 Å². The van der Waals surface area contributed by atoms with Crippen molar-refractivity contribution in [1.29, 1.82) is 0 Å². The summed E-state index contributed by atoms with van der Waals surface area (Å²) >= 11 is 0. The molecule has 2 aliphatic rings. The predicted octanol–water partition coefficient (Wildman–Crippen LogP) is 2.43. The minimum absolute atomic E-state index is 0.0266. The van der Waals surface area contributed by atoms with E-state index in [0.717, 1.165) is 29.3 Å². The van der Waals surface area contributed by atoms with Gasteiger partial charge >= 0.3 is 12.6 Å². The average Bonchev–Trinajstić information content (AvgIpc) is 3.49. The molecule has 13 heteroatoms. The molecule has 186 valence electrons. The van der Waals surface area contributed by atoms with Crippen LogP contribution >= 0.6 is 0 Å². The van der Waals surface area contributed by atoms with Gasteiger partial charge in [-0.2, -0.15) is 13.5 Å². The van der Waals surface area contributed by atoms with E-state index in [1.807, 2.05) is 0 Å². The third kappa shape index (κ3) is 6.79. The largest absolute Gasteiger partial charge is 0.489 e. The third-order valence-electron chi connectivity index (χ3n) is 5.52. The highest BCUT2D eigenvalue weighted by atomic mass is 32.2. The SMILES string of the molecule is CS(=O)(=O)Nc1ccn(C(=O)N2CCN(Cc3ccc(OC(F)F)c(OCC4CC4)c3)CC2)n1. The van der Waals surface area contributed by atoms with Crippen molar-refractivity contribution < 1.29 is 31.5 Å². The van der Waals surface area contributed by atoms with Gasteiger partial charge in [0.15, 0.2) is 17.3 Å². The number of ether oxygens (including phenoxy) is 2. The van der Waals surface area contributed by atoms with E-state index in [4.69, 9.17) is 4.74 Å². The molecule has 1 amide bonds. The minimum atomic E-state index is -3.48. The van der Waals surface area contributed by atoms with Crippen molar-refractivity contribution >= 4 is 21.9 Å². The summed E-state index contributed by atoms with van der Waals surface area (Å²) in [4.78, 5) is 16.5. The average molecular weight is 500 g/mol. The number of carbonyl (C=O) groups excluding carboxylic acids is 1. The molecule has 34 heavy (non-hydrogen) atoms. The van der Waals surface area contributed by atoms with E-state index in [1.54, 1.807) is 17.0 Å². The topological polar surface area (TPSA) is 106 Å². The van der Waals surface area contributed by atoms with Gasteiger partial charge in [0.2, 0.25) is 10.0 Å². The fourth-order valence-electron chi connectivity index (χ4n) is 3.62. The van der Waals surface area contributed by atoms with Crippen LogP contribution in [-0.4, -0.2) is 79.7 Å². The lowest BCUT2D eigenvalue weighted by atomic mass is 10.1. The lowest BCUT2D eigenvalue weighted by molar-refractivity contribution is -0.0515. The summed E-state index contributed by atoms with van der Waals surface area (Å²) in [6.45, 7) is 0.271. The zero-order chi connectivity index (χ0) is 24.3. The molecule has 0 spiro atoms. The number of alkyl halides is 2. The highest BCUT2D eigenvalue weighted by Crippen LogP contribution is 2.34. The Morgan fingerprint density at radius 3 is 2.56 bits per heavy atom. The molecule has 1 aliphatic carbocycles. The molecular formula is C21H27F2N5O5S. The molecule has 2 heterocycles. The summed E-state index contributed by atoms with van der Waals surface area (Å²) in [7, 11) is -3.48. The van der Waals surface area contributed by atoms with Crippen LogP contribution in [0.5, 0.6) is 11.5 Å². The molecule has 2 fully saturated rings. The Balaban J connectivity index is 1.32. The maximum Gasteiger partial charge on any atom is 0.387 e. The van der Waals surface area contributed by atoms with E-state index < -0.39 is 16.6 Å². The van der Waals surface area contributed by atoms with Gasteiger partial charge in [0, 0.05) is 45.0 Å². The second kappa shape index (κ2) is 10.1. The first kappa shape index (κ1) is 24.2. The van der Waals surface area contributed by atoms with Gasteiger partial charge < -0.3 is 14.4 Å². The van der Waals surface area contributed by atoms with E-state index in [-0.39, 0.29) is 17.6 Å². The standard InChI is InChI=1S/C21H27F2N5O5S/c1-34(30,31)25-19-6-7-28(24-19)21(29)27-10-8-26(9-11-27)13-16-4-5-17(33-20(22)23)18(12-16)32-14-15-2-3-15/h4-7,12,15,20H,2-3,8-11,13-14H2,1H3,(H,24,25). The quantitative estimate of drug-likeness (QED) is 0.565. The molecular weight excluding hydrogens is 472 g/mol. The Morgan fingerprint density at radius 1 is 1.18 bits per heavy atom. The Kier molecular flexibility index (Phi) is 7.22. The fourth-order valence-corrected chi connectivity index (χ4v) is 4.11. The summed E-state index contributed by atoms with van der Waals surface area (Å²) in [6.07, 6.45) is 4.59. The molecule has 0 unspecified atom stereocenters. The molecule has 1 saturated carbocycles. The number of anilines is 1. The summed E-state index contributed by atoms with van der Waals surface area (Å²) in [5.41, 5.74) is 0.899. The van der Waals surface area contributed by atoms with Gasteiger partial charge in [0.25, 0.3) is 0 Å². The first-order valence-electron chi connectivity index (χ1n) is 10.9. The molecule has 1 aliphatic heterocycles. The number of nitrogens with one attached hydrogen (secondary N) is 1. The van der Waals surface area contributed by atoms with E-state index in [2.05, 4.69) is 19.5 Å². The number of amides is 1. The number of halogens is 2. The molecule has 0 radical (unpaired) electrons. The highest BCUT2D eigenvalue weighted by molar-refractivity contribution is 7.92. The van der Waals surface area contributed by atoms with Crippen molar-refractivity contribution in [2.45, 2.75) is 26.0 Å². The fraction of sp³-hybridized carbons (Fsp3) is 0.524. The maximum absolute atomic E-state index is 12.7. The van der Waals surface area contributed by atoms with Gasteiger partial charge in [-0.05, 0) is 36.5 Å². The Labute approximate surface area is 196 Å². The monoisotopic (exact) mass is 499 g/mol. The van der Waals surface area contributed by atoms with E-state index >= 15 is 0 Å². The Hall–Kier alpha value is -2.93. The molecule has 1 saturated heterocycles. The maximum atomic E-state index is 12.7. The second-order valence-electron chi connectivity index (χ2n) is 8.48. The highest BCUT2D eigenvalue weighted by Gasteiger charge is 2.25. The molecule has 2 aromatic rings. The minimum Gasteiger partial charge on any atom is -0.489 e. The van der Waals surface area contributed by atoms with Crippen LogP contribution in [0, 0.1) is 5.92 Å².